The van der Waals surface area contributed by atoms with Crippen LogP contribution < -0.4 is 10.5 Å². The van der Waals surface area contributed by atoms with Gasteiger partial charge in [-0.15, -0.1) is 0 Å². The van der Waals surface area contributed by atoms with Crippen molar-refractivity contribution < 1.29 is 9.53 Å². The highest BCUT2D eigenvalue weighted by Crippen LogP contribution is 2.27. The van der Waals surface area contributed by atoms with Crippen molar-refractivity contribution in [3.05, 3.63) is 54.1 Å². The number of nitrogens with two attached hydrogens (primary N) is 1. The van der Waals surface area contributed by atoms with Gasteiger partial charge in [0.05, 0.1) is 18.2 Å². The van der Waals surface area contributed by atoms with E-state index in [1.807, 2.05) is 42.5 Å². The molecule has 4 nitrogen and oxygen atoms in total. The second-order valence-corrected chi connectivity index (χ2v) is 4.55. The first-order valence-corrected chi connectivity index (χ1v) is 6.25. The molecule has 0 saturated heterocycles. The van der Waals surface area contributed by atoms with E-state index in [4.69, 9.17) is 10.5 Å². The molecule has 20 heavy (non-hydrogen) atoms. The van der Waals surface area contributed by atoms with E-state index in [1.165, 1.54) is 0 Å². The lowest BCUT2D eigenvalue weighted by molar-refractivity contribution is 0.100. The number of para-hydroxylation sites is 1. The number of carbonyl (C=O) groups is 1. The third-order valence-corrected chi connectivity index (χ3v) is 3.32. The van der Waals surface area contributed by atoms with Crippen molar-refractivity contribution in [1.82, 2.24) is 4.98 Å². The first-order chi connectivity index (χ1) is 9.69. The number of nitrogens with one attached hydrogen (secondary N) is 1. The zero-order valence-electron chi connectivity index (χ0n) is 11.0. The van der Waals surface area contributed by atoms with Crippen LogP contribution in [-0.4, -0.2) is 18.0 Å². The van der Waals surface area contributed by atoms with Gasteiger partial charge in [0.15, 0.2) is 0 Å². The second-order valence-electron chi connectivity index (χ2n) is 4.55. The molecular weight excluding hydrogens is 252 g/mol. The number of methoxy groups -OCH3 is 1. The van der Waals surface area contributed by atoms with Crippen molar-refractivity contribution in [3.8, 4) is 17.0 Å². The van der Waals surface area contributed by atoms with Gasteiger partial charge in [-0.05, 0) is 42.0 Å². The van der Waals surface area contributed by atoms with Crippen LogP contribution in [0.15, 0.2) is 48.5 Å². The van der Waals surface area contributed by atoms with E-state index in [-0.39, 0.29) is 0 Å². The summed E-state index contributed by atoms with van der Waals surface area (Å²) in [5.41, 5.74) is 8.63. The van der Waals surface area contributed by atoms with E-state index in [0.717, 1.165) is 27.9 Å². The predicted molar refractivity (Wildman–Crippen MR) is 78.8 cm³/mol. The molecule has 0 radical (unpaired) electrons. The normalized spacial score (nSPS) is 10.7. The zero-order valence-corrected chi connectivity index (χ0v) is 11.0. The third kappa shape index (κ3) is 2.01. The number of H-pyrrole nitrogens is 1. The van der Waals surface area contributed by atoms with Gasteiger partial charge in [-0.3, -0.25) is 4.79 Å². The number of hydrogen-bond acceptors (Lipinski definition) is 2. The first-order valence-electron chi connectivity index (χ1n) is 6.25. The minimum absolute atomic E-state index is 0.432. The molecule has 0 bridgehead atoms. The summed E-state index contributed by atoms with van der Waals surface area (Å²) in [6.07, 6.45) is 0. The van der Waals surface area contributed by atoms with E-state index in [1.54, 1.807) is 13.2 Å². The molecule has 0 fully saturated rings. The first kappa shape index (κ1) is 12.3. The molecule has 0 aliphatic carbocycles. The van der Waals surface area contributed by atoms with Gasteiger partial charge in [0.25, 0.3) is 5.91 Å². The molecule has 0 unspecified atom stereocenters. The molecule has 3 rings (SSSR count). The standard InChI is InChI=1S/C16H14N2O2/c1-20-12-7-5-10(6-8-12)14-9-11-3-2-4-13(16(17)19)15(11)18-14/h2-9,18H,1H3,(H2,17,19). The van der Waals surface area contributed by atoms with Crippen LogP contribution in [0.5, 0.6) is 5.75 Å². The van der Waals surface area contributed by atoms with Crippen LogP contribution >= 0.6 is 0 Å². The summed E-state index contributed by atoms with van der Waals surface area (Å²) in [6, 6.07) is 15.2. The Morgan fingerprint density at radius 3 is 2.55 bits per heavy atom. The van der Waals surface area contributed by atoms with Crippen LogP contribution in [0.25, 0.3) is 22.2 Å². The average molecular weight is 266 g/mol. The van der Waals surface area contributed by atoms with Gasteiger partial charge in [0.2, 0.25) is 0 Å². The average Bonchev–Trinajstić information content (AvgIpc) is 2.90. The van der Waals surface area contributed by atoms with Crippen LogP contribution in [-0.2, 0) is 0 Å². The van der Waals surface area contributed by atoms with Crippen LogP contribution in [0.3, 0.4) is 0 Å². The Bertz CT molecular complexity index is 773. The molecule has 3 N–H and O–H groups in total. The molecule has 0 atom stereocenters. The summed E-state index contributed by atoms with van der Waals surface area (Å²) in [4.78, 5) is 14.7. The molecule has 1 amide bonds. The van der Waals surface area contributed by atoms with E-state index >= 15 is 0 Å². The predicted octanol–water partition coefficient (Wildman–Crippen LogP) is 2.94. The van der Waals surface area contributed by atoms with E-state index < -0.39 is 5.91 Å². The molecule has 4 heteroatoms. The Morgan fingerprint density at radius 1 is 1.15 bits per heavy atom. The summed E-state index contributed by atoms with van der Waals surface area (Å²) in [6.45, 7) is 0. The Kier molecular flexibility index (Phi) is 2.91. The fourth-order valence-corrected chi connectivity index (χ4v) is 2.29. The van der Waals surface area contributed by atoms with Gasteiger partial charge < -0.3 is 15.5 Å². The molecule has 1 heterocycles. The second kappa shape index (κ2) is 4.74. The van der Waals surface area contributed by atoms with Gasteiger partial charge in [0, 0.05) is 11.1 Å². The monoisotopic (exact) mass is 266 g/mol. The Morgan fingerprint density at radius 2 is 1.90 bits per heavy atom. The molecule has 2 aromatic carbocycles. The quantitative estimate of drug-likeness (QED) is 0.765. The Balaban J connectivity index is 2.12. The summed E-state index contributed by atoms with van der Waals surface area (Å²) in [7, 11) is 1.64. The summed E-state index contributed by atoms with van der Waals surface area (Å²) >= 11 is 0. The van der Waals surface area contributed by atoms with Gasteiger partial charge in [-0.2, -0.15) is 0 Å². The number of primary amides is 1. The van der Waals surface area contributed by atoms with Crippen molar-refractivity contribution in [1.29, 1.82) is 0 Å². The molecule has 100 valence electrons. The molecule has 0 spiro atoms. The smallest absolute Gasteiger partial charge is 0.250 e. The van der Waals surface area contributed by atoms with Gasteiger partial charge in [0.1, 0.15) is 5.75 Å². The van der Waals surface area contributed by atoms with Crippen molar-refractivity contribution in [2.24, 2.45) is 5.73 Å². The van der Waals surface area contributed by atoms with E-state index in [0.29, 0.717) is 5.56 Å². The fourth-order valence-electron chi connectivity index (χ4n) is 2.29. The highest BCUT2D eigenvalue weighted by molar-refractivity contribution is 6.06. The van der Waals surface area contributed by atoms with Crippen molar-refractivity contribution >= 4 is 16.8 Å². The highest BCUT2D eigenvalue weighted by atomic mass is 16.5. The summed E-state index contributed by atoms with van der Waals surface area (Å²) in [5.74, 6) is 0.376. The number of aromatic nitrogens is 1. The van der Waals surface area contributed by atoms with Gasteiger partial charge in [-0.25, -0.2) is 0 Å². The van der Waals surface area contributed by atoms with Crippen molar-refractivity contribution in [3.63, 3.8) is 0 Å². The number of rotatable bonds is 3. The Hall–Kier alpha value is -2.75. The summed E-state index contributed by atoms with van der Waals surface area (Å²) in [5, 5.41) is 0.965. The van der Waals surface area contributed by atoms with Crippen LogP contribution in [0, 0.1) is 0 Å². The van der Waals surface area contributed by atoms with Crippen LogP contribution in [0.4, 0.5) is 0 Å². The Labute approximate surface area is 116 Å². The van der Waals surface area contributed by atoms with Crippen molar-refractivity contribution in [2.75, 3.05) is 7.11 Å². The third-order valence-electron chi connectivity index (χ3n) is 3.32. The van der Waals surface area contributed by atoms with Crippen LogP contribution in [0.2, 0.25) is 0 Å². The van der Waals surface area contributed by atoms with E-state index in [9.17, 15) is 4.79 Å². The maximum atomic E-state index is 11.4. The SMILES string of the molecule is COc1ccc(-c2cc3cccc(C(N)=O)c3[nH]2)cc1. The maximum Gasteiger partial charge on any atom is 0.250 e. The maximum absolute atomic E-state index is 11.4. The largest absolute Gasteiger partial charge is 0.497 e. The minimum atomic E-state index is -0.432. The lowest BCUT2D eigenvalue weighted by Crippen LogP contribution is -2.11. The summed E-state index contributed by atoms with van der Waals surface area (Å²) < 4.78 is 5.14. The number of benzene rings is 2. The zero-order chi connectivity index (χ0) is 14.1. The number of amides is 1. The topological polar surface area (TPSA) is 68.1 Å². The fraction of sp³-hybridized carbons (Fsp3) is 0.0625. The number of aromatic amines is 1. The number of carbonyl (C=O) groups excluding carboxylic acids is 1. The molecule has 0 aliphatic heterocycles. The lowest BCUT2D eigenvalue weighted by atomic mass is 10.1. The molecule has 3 aromatic rings. The van der Waals surface area contributed by atoms with Gasteiger partial charge in [-0.1, -0.05) is 12.1 Å². The van der Waals surface area contributed by atoms with E-state index in [2.05, 4.69) is 4.98 Å². The lowest BCUT2D eigenvalue weighted by Gasteiger charge is -2.01. The molecule has 0 aliphatic rings. The molecule has 0 saturated carbocycles. The highest BCUT2D eigenvalue weighted by Gasteiger charge is 2.10. The number of hydrogen-bond donors (Lipinski definition) is 2. The van der Waals surface area contributed by atoms with Crippen LogP contribution in [0.1, 0.15) is 10.4 Å². The number of fused-ring (bicyclic) bond motifs is 1. The minimum Gasteiger partial charge on any atom is -0.497 e. The number of ether oxygens (including phenoxy) is 1. The molecular formula is C16H14N2O2. The van der Waals surface area contributed by atoms with Crippen molar-refractivity contribution in [2.45, 2.75) is 0 Å². The van der Waals surface area contributed by atoms with Gasteiger partial charge >= 0.3 is 0 Å². The molecule has 1 aromatic heterocycles.